The Hall–Kier alpha value is -4.52. The molecule has 2 unspecified atom stereocenters. The fourth-order valence-electron chi connectivity index (χ4n) is 4.80. The summed E-state index contributed by atoms with van der Waals surface area (Å²) in [6.45, 7) is 2.22. The van der Waals surface area contributed by atoms with Gasteiger partial charge < -0.3 is 5.11 Å². The summed E-state index contributed by atoms with van der Waals surface area (Å²) in [5.74, 6) is 0.619. The van der Waals surface area contributed by atoms with E-state index in [4.69, 9.17) is 5.26 Å². The number of likely N-dealkylation sites (N-methyl/N-ethyl adjacent to an activating group) is 1. The lowest BCUT2D eigenvalue weighted by molar-refractivity contribution is -0.180. The average molecular weight is 635 g/mol. The second-order valence-corrected chi connectivity index (χ2v) is 11.5. The van der Waals surface area contributed by atoms with E-state index < -0.39 is 47.4 Å². The van der Waals surface area contributed by atoms with Crippen LogP contribution in [0.4, 0.5) is 17.6 Å². The molecule has 0 amide bonds. The maximum absolute atomic E-state index is 16.0. The van der Waals surface area contributed by atoms with E-state index in [9.17, 15) is 13.9 Å². The van der Waals surface area contributed by atoms with Crippen LogP contribution in [0.25, 0.3) is 0 Å². The Balaban J connectivity index is 1.48. The lowest BCUT2D eigenvalue weighted by Crippen LogP contribution is -2.54. The summed E-state index contributed by atoms with van der Waals surface area (Å²) in [5, 5.41) is 31.2. The minimum Gasteiger partial charge on any atom is -0.377 e. The average Bonchev–Trinajstić information content (AvgIpc) is 3.27. The number of nitrogens with zero attached hydrogens (tertiary/aromatic N) is 6. The molecule has 4 rings (SSSR count). The number of thioether (sulfide) groups is 1. The molecule has 0 aliphatic heterocycles. The highest BCUT2D eigenvalue weighted by Crippen LogP contribution is 2.47. The van der Waals surface area contributed by atoms with Crippen LogP contribution >= 0.6 is 11.8 Å². The fraction of sp³-hybridized carbons (Fsp3) is 0.303. The zero-order valence-electron chi connectivity index (χ0n) is 24.4. The number of nitriles is 1. The van der Waals surface area contributed by atoms with Gasteiger partial charge in [-0.05, 0) is 54.3 Å². The first kappa shape index (κ1) is 33.4. The normalized spacial score (nSPS) is 18.2. The second kappa shape index (κ2) is 15.0. The number of benzene rings is 1. The number of rotatable bonds is 10. The number of pyridine rings is 1. The molecule has 0 bridgehead atoms. The van der Waals surface area contributed by atoms with Crippen LogP contribution in [0.2, 0.25) is 0 Å². The number of aromatic nitrogens is 1. The van der Waals surface area contributed by atoms with Crippen molar-refractivity contribution >= 4 is 18.5 Å². The largest absolute Gasteiger partial charge is 0.377 e. The van der Waals surface area contributed by atoms with E-state index in [1.54, 1.807) is 23.9 Å². The molecule has 1 aromatic heterocycles. The maximum atomic E-state index is 16.0. The topological polar surface area (TPSA) is 97.2 Å². The summed E-state index contributed by atoms with van der Waals surface area (Å²) in [6.07, 6.45) is 8.62. The van der Waals surface area contributed by atoms with Gasteiger partial charge in [0.25, 0.3) is 0 Å². The first-order valence-corrected chi connectivity index (χ1v) is 15.0. The van der Waals surface area contributed by atoms with Crippen LogP contribution in [0.1, 0.15) is 48.1 Å². The van der Waals surface area contributed by atoms with Crippen molar-refractivity contribution in [1.29, 1.82) is 5.26 Å². The van der Waals surface area contributed by atoms with Gasteiger partial charge in [-0.2, -0.15) is 14.0 Å². The minimum atomic E-state index is -4.11. The zero-order valence-corrected chi connectivity index (χ0v) is 25.2. The monoisotopic (exact) mass is 634 g/mol. The minimum absolute atomic E-state index is 0.0649. The molecule has 7 nitrogen and oxygen atoms in total. The van der Waals surface area contributed by atoms with Gasteiger partial charge in [0, 0.05) is 60.2 Å². The molecule has 12 heteroatoms. The SMILES string of the molecule is C=N/N=N\N(C)CC(O)(C1=C(F)C=C(F)CC1)C(F)(F)c1ccc(C#CC2C=CC(SCc3ccc(C#N)cc3)=CCC2)cn1. The Morgan fingerprint density at radius 1 is 1.16 bits per heavy atom. The molecule has 232 valence electrons. The molecule has 1 aromatic carbocycles. The highest BCUT2D eigenvalue weighted by Gasteiger charge is 2.59. The highest BCUT2D eigenvalue weighted by molar-refractivity contribution is 8.02. The molecule has 2 aromatic rings. The van der Waals surface area contributed by atoms with Crippen LogP contribution in [0, 0.1) is 29.1 Å². The summed E-state index contributed by atoms with van der Waals surface area (Å²) >= 11 is 1.69. The van der Waals surface area contributed by atoms with Crippen LogP contribution in [0.5, 0.6) is 0 Å². The van der Waals surface area contributed by atoms with Crippen LogP contribution in [-0.4, -0.2) is 41.0 Å². The van der Waals surface area contributed by atoms with Crippen LogP contribution in [-0.2, 0) is 11.7 Å². The third-order valence-corrected chi connectivity index (χ3v) is 8.32. The Bertz CT molecular complexity index is 1650. The van der Waals surface area contributed by atoms with Crippen molar-refractivity contribution in [1.82, 2.24) is 9.99 Å². The van der Waals surface area contributed by atoms with Gasteiger partial charge in [-0.25, -0.2) is 8.78 Å². The third kappa shape index (κ3) is 8.35. The van der Waals surface area contributed by atoms with E-state index in [2.05, 4.69) is 51.2 Å². The number of hydrogen-bond acceptors (Lipinski definition) is 6. The van der Waals surface area contributed by atoms with Crippen LogP contribution < -0.4 is 0 Å². The fourth-order valence-corrected chi connectivity index (χ4v) is 5.74. The summed E-state index contributed by atoms with van der Waals surface area (Å²) < 4.78 is 60.5. The van der Waals surface area contributed by atoms with Gasteiger partial charge >= 0.3 is 5.92 Å². The van der Waals surface area contributed by atoms with Crippen molar-refractivity contribution in [2.45, 2.75) is 43.0 Å². The van der Waals surface area contributed by atoms with Gasteiger partial charge in [-0.1, -0.05) is 47.4 Å². The van der Waals surface area contributed by atoms with E-state index in [0.717, 1.165) is 40.1 Å². The summed E-state index contributed by atoms with van der Waals surface area (Å²) in [7, 11) is 1.24. The molecule has 0 saturated carbocycles. The molecule has 2 aliphatic rings. The predicted molar refractivity (Wildman–Crippen MR) is 166 cm³/mol. The molecule has 0 radical (unpaired) electrons. The number of alkyl halides is 2. The summed E-state index contributed by atoms with van der Waals surface area (Å²) in [6, 6.07) is 12.0. The Morgan fingerprint density at radius 2 is 1.91 bits per heavy atom. The molecule has 1 N–H and O–H groups in total. The Morgan fingerprint density at radius 3 is 2.58 bits per heavy atom. The van der Waals surface area contributed by atoms with E-state index in [1.165, 1.54) is 19.3 Å². The van der Waals surface area contributed by atoms with Crippen molar-refractivity contribution < 1.29 is 22.7 Å². The van der Waals surface area contributed by atoms with Crippen LogP contribution in [0.15, 0.2) is 105 Å². The molecular formula is C33H30F4N6OS. The molecule has 2 atom stereocenters. The van der Waals surface area contributed by atoms with E-state index >= 15 is 8.78 Å². The lowest BCUT2D eigenvalue weighted by Gasteiger charge is -2.39. The van der Waals surface area contributed by atoms with E-state index in [-0.39, 0.29) is 12.3 Å². The number of allylic oxidation sites excluding steroid dienone is 6. The number of aliphatic hydroxyl groups is 1. The van der Waals surface area contributed by atoms with Crippen molar-refractivity contribution in [2.75, 3.05) is 13.6 Å². The summed E-state index contributed by atoms with van der Waals surface area (Å²) in [5.41, 5.74) is -2.51. The molecule has 0 fully saturated rings. The van der Waals surface area contributed by atoms with Gasteiger partial charge in [0.15, 0.2) is 5.60 Å². The van der Waals surface area contributed by atoms with Gasteiger partial charge in [-0.3, -0.25) is 9.99 Å². The molecular weight excluding hydrogens is 604 g/mol. The molecule has 1 heterocycles. The van der Waals surface area contributed by atoms with Crippen molar-refractivity contribution in [3.05, 3.63) is 111 Å². The number of halogens is 4. The summed E-state index contributed by atoms with van der Waals surface area (Å²) in [4.78, 5) is 4.99. The van der Waals surface area contributed by atoms with Gasteiger partial charge in [-0.15, -0.1) is 16.9 Å². The Kier molecular flexibility index (Phi) is 11.1. The van der Waals surface area contributed by atoms with Crippen LogP contribution in [0.3, 0.4) is 0 Å². The molecule has 2 aliphatic carbocycles. The highest BCUT2D eigenvalue weighted by atomic mass is 32.2. The molecule has 0 spiro atoms. The number of hydrogen-bond donors (Lipinski definition) is 1. The molecule has 45 heavy (non-hydrogen) atoms. The van der Waals surface area contributed by atoms with Crippen molar-refractivity contribution in [3.63, 3.8) is 0 Å². The van der Waals surface area contributed by atoms with Gasteiger partial charge in [0.1, 0.15) is 17.3 Å². The predicted octanol–water partition coefficient (Wildman–Crippen LogP) is 7.70. The van der Waals surface area contributed by atoms with Crippen molar-refractivity contribution in [2.24, 2.45) is 21.5 Å². The zero-order chi connectivity index (χ0) is 32.5. The second-order valence-electron chi connectivity index (χ2n) is 10.4. The third-order valence-electron chi connectivity index (χ3n) is 7.21. The Labute approximate surface area is 263 Å². The molecule has 0 saturated heterocycles. The lowest BCUT2D eigenvalue weighted by atomic mass is 9.80. The van der Waals surface area contributed by atoms with E-state index in [1.807, 2.05) is 24.3 Å². The maximum Gasteiger partial charge on any atom is 0.323 e. The quantitative estimate of drug-likeness (QED) is 0.0950. The first-order chi connectivity index (χ1) is 21.6. The standard InChI is InChI=1S/C33H30F4N6OS/c1-39-41-42-43(2)22-32(44,29-16-14-27(34)18-30(29)35)33(36,37)31-17-13-25(20-40-31)9-6-23-4-3-5-28(15-12-23)45-21-26-10-7-24(19-38)8-11-26/h5,7-8,10-13,15,17-18,20,23,44H,1,3-4,14,16,21-22H2,2H3/b42-41-. The van der Waals surface area contributed by atoms with Gasteiger partial charge in [0.2, 0.25) is 0 Å². The smallest absolute Gasteiger partial charge is 0.323 e. The first-order valence-electron chi connectivity index (χ1n) is 14.0. The van der Waals surface area contributed by atoms with Gasteiger partial charge in [0.05, 0.1) is 18.2 Å². The van der Waals surface area contributed by atoms with Crippen molar-refractivity contribution in [3.8, 4) is 17.9 Å². The van der Waals surface area contributed by atoms with E-state index in [0.29, 0.717) is 17.2 Å².